The van der Waals surface area contributed by atoms with Gasteiger partial charge in [-0.1, -0.05) is 6.07 Å². The number of rotatable bonds is 2. The number of aromatic amines is 1. The molecule has 1 saturated heterocycles. The van der Waals surface area contributed by atoms with Gasteiger partial charge in [-0.25, -0.2) is 0 Å². The van der Waals surface area contributed by atoms with Gasteiger partial charge in [-0.3, -0.25) is 13.9 Å². The molecule has 3 heterocycles. The van der Waals surface area contributed by atoms with E-state index in [0.29, 0.717) is 10.8 Å². The highest BCUT2D eigenvalue weighted by Crippen LogP contribution is 2.30. The molecule has 0 aromatic carbocycles. The molecule has 1 aliphatic rings. The van der Waals surface area contributed by atoms with Crippen LogP contribution in [0.1, 0.15) is 18.9 Å². The molecule has 0 unspecified atom stereocenters. The zero-order valence-corrected chi connectivity index (χ0v) is 12.1. The van der Waals surface area contributed by atoms with Crippen LogP contribution in [-0.4, -0.2) is 30.5 Å². The Morgan fingerprint density at radius 1 is 1.50 bits per heavy atom. The van der Waals surface area contributed by atoms with Crippen LogP contribution in [0, 0.1) is 4.77 Å². The minimum atomic E-state index is -0.648. The first-order chi connectivity index (χ1) is 8.75. The molecule has 0 amide bonds. The van der Waals surface area contributed by atoms with Gasteiger partial charge in [0.2, 0.25) is 0 Å². The van der Waals surface area contributed by atoms with Gasteiger partial charge >= 0.3 is 0 Å². The van der Waals surface area contributed by atoms with E-state index < -0.39 is 10.8 Å². The summed E-state index contributed by atoms with van der Waals surface area (Å²) >= 11 is 6.99. The van der Waals surface area contributed by atoms with E-state index in [1.165, 1.54) is 0 Å². The predicted octanol–water partition coefficient (Wildman–Crippen LogP) is 2.75. The minimum absolute atomic E-state index is 0.325. The maximum absolute atomic E-state index is 11.4. The van der Waals surface area contributed by atoms with E-state index in [0.717, 1.165) is 35.0 Å². The molecule has 3 rings (SSSR count). The molecule has 1 aliphatic heterocycles. The van der Waals surface area contributed by atoms with E-state index in [1.54, 1.807) is 11.3 Å². The highest BCUT2D eigenvalue weighted by Gasteiger charge is 2.23. The predicted molar refractivity (Wildman–Crippen MR) is 76.9 cm³/mol. The SMILES string of the molecule is O=S1CCC(n2c(-c3cccs3)n[nH]c2=S)CC1. The molecule has 18 heavy (non-hydrogen) atoms. The van der Waals surface area contributed by atoms with E-state index in [9.17, 15) is 4.21 Å². The number of nitrogens with zero attached hydrogens (tertiary/aromatic N) is 2. The van der Waals surface area contributed by atoms with Crippen LogP contribution in [0.3, 0.4) is 0 Å². The zero-order chi connectivity index (χ0) is 12.5. The minimum Gasteiger partial charge on any atom is -0.296 e. The van der Waals surface area contributed by atoms with E-state index >= 15 is 0 Å². The van der Waals surface area contributed by atoms with Crippen LogP contribution in [0.2, 0.25) is 0 Å². The first-order valence-corrected chi connectivity index (χ1v) is 8.59. The molecule has 0 bridgehead atoms. The summed E-state index contributed by atoms with van der Waals surface area (Å²) in [5.74, 6) is 2.44. The summed E-state index contributed by atoms with van der Waals surface area (Å²) in [6, 6.07) is 4.39. The Bertz CT molecular complexity index is 604. The fourth-order valence-corrected chi connectivity index (χ4v) is 4.53. The van der Waals surface area contributed by atoms with Crippen molar-refractivity contribution < 1.29 is 4.21 Å². The summed E-state index contributed by atoms with van der Waals surface area (Å²) in [5.41, 5.74) is 0. The first kappa shape index (κ1) is 12.3. The lowest BCUT2D eigenvalue weighted by molar-refractivity contribution is 0.461. The van der Waals surface area contributed by atoms with E-state index in [1.807, 2.05) is 17.5 Å². The van der Waals surface area contributed by atoms with Gasteiger partial charge in [-0.15, -0.1) is 11.3 Å². The molecule has 1 fully saturated rings. The van der Waals surface area contributed by atoms with Crippen LogP contribution in [0.25, 0.3) is 10.7 Å². The number of aromatic nitrogens is 3. The van der Waals surface area contributed by atoms with Crippen molar-refractivity contribution in [2.75, 3.05) is 11.5 Å². The smallest absolute Gasteiger partial charge is 0.195 e. The number of thiophene rings is 1. The fourth-order valence-electron chi connectivity index (χ4n) is 2.26. The van der Waals surface area contributed by atoms with Gasteiger partial charge in [0.15, 0.2) is 10.6 Å². The summed E-state index contributed by atoms with van der Waals surface area (Å²) in [7, 11) is -0.648. The number of hydrogen-bond acceptors (Lipinski definition) is 4. The Kier molecular flexibility index (Phi) is 3.45. The third-order valence-electron chi connectivity index (χ3n) is 3.17. The molecule has 2 aromatic heterocycles. The maximum atomic E-state index is 11.4. The molecular formula is C11H13N3OS3. The first-order valence-electron chi connectivity index (χ1n) is 5.81. The van der Waals surface area contributed by atoms with Gasteiger partial charge in [0.25, 0.3) is 0 Å². The van der Waals surface area contributed by atoms with E-state index in [4.69, 9.17) is 12.2 Å². The van der Waals surface area contributed by atoms with E-state index in [-0.39, 0.29) is 0 Å². The maximum Gasteiger partial charge on any atom is 0.195 e. The van der Waals surface area contributed by atoms with Crippen LogP contribution >= 0.6 is 23.6 Å². The number of hydrogen-bond donors (Lipinski definition) is 1. The lowest BCUT2D eigenvalue weighted by Gasteiger charge is -2.23. The quantitative estimate of drug-likeness (QED) is 0.868. The van der Waals surface area contributed by atoms with Gasteiger partial charge in [-0.2, -0.15) is 5.10 Å². The van der Waals surface area contributed by atoms with Crippen LogP contribution in [0.4, 0.5) is 0 Å². The zero-order valence-electron chi connectivity index (χ0n) is 9.67. The largest absolute Gasteiger partial charge is 0.296 e. The van der Waals surface area contributed by atoms with Crippen molar-refractivity contribution in [2.45, 2.75) is 18.9 Å². The van der Waals surface area contributed by atoms with Crippen molar-refractivity contribution in [1.29, 1.82) is 0 Å². The van der Waals surface area contributed by atoms with Crippen LogP contribution < -0.4 is 0 Å². The standard InChI is InChI=1S/C11H13N3OS3/c15-18-6-3-8(4-7-18)14-10(12-13-11(14)16)9-2-1-5-17-9/h1-2,5,8H,3-4,6-7H2,(H,13,16). The summed E-state index contributed by atoms with van der Waals surface area (Å²) in [6.07, 6.45) is 1.83. The van der Waals surface area contributed by atoms with E-state index in [2.05, 4.69) is 14.8 Å². The van der Waals surface area contributed by atoms with Gasteiger partial charge in [0.1, 0.15) is 0 Å². The monoisotopic (exact) mass is 299 g/mol. The highest BCUT2D eigenvalue weighted by atomic mass is 32.2. The van der Waals surface area contributed by atoms with Crippen LogP contribution in [-0.2, 0) is 10.8 Å². The molecule has 0 spiro atoms. The second-order valence-corrected chi connectivity index (χ2v) is 7.31. The van der Waals surface area contributed by atoms with Gasteiger partial charge in [0.05, 0.1) is 4.88 Å². The van der Waals surface area contributed by atoms with Gasteiger partial charge in [0, 0.05) is 28.3 Å². The lowest BCUT2D eigenvalue weighted by Crippen LogP contribution is -2.22. The Hall–Kier alpha value is -0.790. The highest BCUT2D eigenvalue weighted by molar-refractivity contribution is 7.85. The van der Waals surface area contributed by atoms with Gasteiger partial charge < -0.3 is 0 Å². The fraction of sp³-hybridized carbons (Fsp3) is 0.455. The van der Waals surface area contributed by atoms with Crippen molar-refractivity contribution in [1.82, 2.24) is 14.8 Å². The lowest BCUT2D eigenvalue weighted by atomic mass is 10.1. The average Bonchev–Trinajstić information content (AvgIpc) is 2.99. The summed E-state index contributed by atoms with van der Waals surface area (Å²) in [4.78, 5) is 1.12. The van der Waals surface area contributed by atoms with Crippen LogP contribution in [0.5, 0.6) is 0 Å². The molecular weight excluding hydrogens is 286 g/mol. The second-order valence-electron chi connectivity index (χ2n) is 4.28. The molecule has 0 atom stereocenters. The summed E-state index contributed by atoms with van der Waals surface area (Å²) < 4.78 is 14.2. The molecule has 0 saturated carbocycles. The topological polar surface area (TPSA) is 50.7 Å². The van der Waals surface area contributed by atoms with Crippen molar-refractivity contribution in [3.8, 4) is 10.7 Å². The Morgan fingerprint density at radius 2 is 2.28 bits per heavy atom. The third kappa shape index (κ3) is 2.22. The third-order valence-corrected chi connectivity index (χ3v) is 5.70. The molecule has 0 radical (unpaired) electrons. The molecule has 2 aromatic rings. The van der Waals surface area contributed by atoms with Crippen molar-refractivity contribution in [2.24, 2.45) is 0 Å². The normalized spacial score (nSPS) is 24.2. The average molecular weight is 299 g/mol. The van der Waals surface area contributed by atoms with Crippen molar-refractivity contribution >= 4 is 34.4 Å². The van der Waals surface area contributed by atoms with Crippen LogP contribution in [0.15, 0.2) is 17.5 Å². The molecule has 7 heteroatoms. The summed E-state index contributed by atoms with van der Waals surface area (Å²) in [5, 5.41) is 9.25. The van der Waals surface area contributed by atoms with Gasteiger partial charge in [-0.05, 0) is 36.5 Å². The Labute approximate surface area is 117 Å². The molecule has 96 valence electrons. The number of H-pyrrole nitrogens is 1. The molecule has 1 N–H and O–H groups in total. The molecule has 0 aliphatic carbocycles. The molecule has 4 nitrogen and oxygen atoms in total. The summed E-state index contributed by atoms with van der Waals surface area (Å²) in [6.45, 7) is 0. The van der Waals surface area contributed by atoms with Crippen molar-refractivity contribution in [3.63, 3.8) is 0 Å². The Morgan fingerprint density at radius 3 is 2.94 bits per heavy atom. The Balaban J connectivity index is 1.99. The second kappa shape index (κ2) is 5.07. The number of nitrogens with one attached hydrogen (secondary N) is 1. The van der Waals surface area contributed by atoms with Crippen molar-refractivity contribution in [3.05, 3.63) is 22.3 Å².